The number of benzene rings is 1. The highest BCUT2D eigenvalue weighted by atomic mass is 79.9. The zero-order chi connectivity index (χ0) is 14.1. The molecule has 0 radical (unpaired) electrons. The van der Waals surface area contributed by atoms with Gasteiger partial charge < -0.3 is 4.74 Å². The maximum Gasteiger partial charge on any atom is 0.119 e. The van der Waals surface area contributed by atoms with E-state index in [-0.39, 0.29) is 6.10 Å². The first-order valence-corrected chi connectivity index (χ1v) is 8.94. The molecule has 0 spiro atoms. The molecule has 1 aromatic rings. The summed E-state index contributed by atoms with van der Waals surface area (Å²) >= 11 is 3.90. The summed E-state index contributed by atoms with van der Waals surface area (Å²) in [6.45, 7) is 4.13. The van der Waals surface area contributed by atoms with Gasteiger partial charge in [0.05, 0.1) is 6.10 Å². The smallest absolute Gasteiger partial charge is 0.119 e. The van der Waals surface area contributed by atoms with E-state index in [1.807, 2.05) is 0 Å². The first-order valence-electron chi connectivity index (χ1n) is 8.02. The van der Waals surface area contributed by atoms with Crippen molar-refractivity contribution in [2.24, 2.45) is 17.8 Å². The Morgan fingerprint density at radius 3 is 2.45 bits per heavy atom. The molecule has 4 atom stereocenters. The van der Waals surface area contributed by atoms with Crippen LogP contribution in [0.5, 0.6) is 5.75 Å². The third kappa shape index (κ3) is 3.21. The molecule has 0 aromatic heterocycles. The molecule has 0 N–H and O–H groups in total. The molecule has 2 aliphatic rings. The van der Waals surface area contributed by atoms with Crippen LogP contribution in [-0.4, -0.2) is 6.10 Å². The van der Waals surface area contributed by atoms with Gasteiger partial charge in [0.15, 0.2) is 0 Å². The average molecular weight is 337 g/mol. The summed E-state index contributed by atoms with van der Waals surface area (Å²) in [4.78, 5) is 0.500. The molecule has 2 heteroatoms. The van der Waals surface area contributed by atoms with Gasteiger partial charge in [-0.1, -0.05) is 34.5 Å². The molecule has 1 nitrogen and oxygen atoms in total. The minimum atomic E-state index is 0.245. The topological polar surface area (TPSA) is 9.23 Å². The first kappa shape index (κ1) is 14.4. The van der Waals surface area contributed by atoms with Gasteiger partial charge in [-0.2, -0.15) is 0 Å². The van der Waals surface area contributed by atoms with E-state index in [1.54, 1.807) is 0 Å². The van der Waals surface area contributed by atoms with E-state index >= 15 is 0 Å². The van der Waals surface area contributed by atoms with Crippen molar-refractivity contribution in [1.82, 2.24) is 0 Å². The number of ether oxygens (including phenoxy) is 1. The van der Waals surface area contributed by atoms with Crippen LogP contribution in [0.4, 0.5) is 0 Å². The lowest BCUT2D eigenvalue weighted by Gasteiger charge is -2.24. The Morgan fingerprint density at radius 2 is 1.90 bits per heavy atom. The maximum absolute atomic E-state index is 5.71. The Morgan fingerprint density at radius 1 is 1.15 bits per heavy atom. The van der Waals surface area contributed by atoms with Crippen LogP contribution in [0, 0.1) is 17.8 Å². The van der Waals surface area contributed by atoms with Crippen LogP contribution < -0.4 is 4.74 Å². The van der Waals surface area contributed by atoms with Gasteiger partial charge in [-0.3, -0.25) is 0 Å². The fraction of sp³-hybridized carbons (Fsp3) is 0.667. The first-order chi connectivity index (χ1) is 9.61. The van der Waals surface area contributed by atoms with Crippen molar-refractivity contribution >= 4 is 15.9 Å². The maximum atomic E-state index is 5.71. The Hall–Kier alpha value is -0.500. The van der Waals surface area contributed by atoms with E-state index in [4.69, 9.17) is 4.74 Å². The van der Waals surface area contributed by atoms with Gasteiger partial charge in [-0.15, -0.1) is 0 Å². The van der Waals surface area contributed by atoms with Crippen LogP contribution in [-0.2, 0) is 0 Å². The van der Waals surface area contributed by atoms with E-state index in [9.17, 15) is 0 Å². The molecular formula is C18H25BrO. The van der Waals surface area contributed by atoms with E-state index < -0.39 is 0 Å². The van der Waals surface area contributed by atoms with E-state index in [1.165, 1.54) is 37.7 Å². The minimum absolute atomic E-state index is 0.245. The van der Waals surface area contributed by atoms with Crippen molar-refractivity contribution in [3.63, 3.8) is 0 Å². The summed E-state index contributed by atoms with van der Waals surface area (Å²) in [5.41, 5.74) is 1.39. The van der Waals surface area contributed by atoms with Crippen LogP contribution in [0.3, 0.4) is 0 Å². The number of alkyl halides is 1. The normalized spacial score (nSPS) is 29.9. The summed E-state index contributed by atoms with van der Waals surface area (Å²) in [5, 5.41) is 0. The molecule has 1 aromatic carbocycles. The number of fused-ring (bicyclic) bond motifs is 2. The molecule has 0 amide bonds. The zero-order valence-corrected chi connectivity index (χ0v) is 14.1. The highest BCUT2D eigenvalue weighted by Gasteiger charge is 2.39. The third-order valence-corrected chi connectivity index (χ3v) is 5.91. The zero-order valence-electron chi connectivity index (χ0n) is 12.5. The monoisotopic (exact) mass is 336 g/mol. The van der Waals surface area contributed by atoms with Gasteiger partial charge in [0.1, 0.15) is 5.75 Å². The number of hydrogen-bond donors (Lipinski definition) is 0. The average Bonchev–Trinajstić information content (AvgIpc) is 3.01. The lowest BCUT2D eigenvalue weighted by molar-refractivity contribution is 0.242. The van der Waals surface area contributed by atoms with Crippen LogP contribution in [0.25, 0.3) is 0 Å². The lowest BCUT2D eigenvalue weighted by Crippen LogP contribution is -2.12. The molecule has 0 saturated heterocycles. The quantitative estimate of drug-likeness (QED) is 0.623. The number of hydrogen-bond acceptors (Lipinski definition) is 1. The summed E-state index contributed by atoms with van der Waals surface area (Å²) in [6.07, 6.45) is 7.50. The molecule has 0 aliphatic heterocycles. The Labute approximate surface area is 131 Å². The number of halogens is 1. The van der Waals surface area contributed by atoms with Crippen molar-refractivity contribution in [2.75, 3.05) is 0 Å². The summed E-state index contributed by atoms with van der Waals surface area (Å²) in [7, 11) is 0. The fourth-order valence-corrected chi connectivity index (χ4v) is 4.88. The Balaban J connectivity index is 1.58. The highest BCUT2D eigenvalue weighted by Crippen LogP contribution is 2.51. The molecule has 110 valence electrons. The Kier molecular flexibility index (Phi) is 4.40. The highest BCUT2D eigenvalue weighted by molar-refractivity contribution is 9.09. The fourth-order valence-electron chi connectivity index (χ4n) is 4.09. The van der Waals surface area contributed by atoms with Gasteiger partial charge in [0.25, 0.3) is 0 Å². The molecule has 2 fully saturated rings. The molecule has 20 heavy (non-hydrogen) atoms. The number of rotatable bonds is 5. The standard InChI is InChI=1S/C18H25BrO/c1-12(2)20-17-7-5-14(6-8-17)18(19)11-16-10-13-3-4-15(16)9-13/h5-8,12-13,15-16,18H,3-4,9-11H2,1-2H3. The van der Waals surface area contributed by atoms with E-state index in [0.29, 0.717) is 4.83 Å². The second-order valence-corrected chi connectivity index (χ2v) is 7.98. The molecule has 0 heterocycles. The predicted molar refractivity (Wildman–Crippen MR) is 87.4 cm³/mol. The van der Waals surface area contributed by atoms with Crippen molar-refractivity contribution in [3.8, 4) is 5.75 Å². The van der Waals surface area contributed by atoms with Crippen molar-refractivity contribution in [3.05, 3.63) is 29.8 Å². The van der Waals surface area contributed by atoms with Gasteiger partial charge in [0.2, 0.25) is 0 Å². The SMILES string of the molecule is CC(C)Oc1ccc(C(Br)CC2CC3CCC2C3)cc1. The summed E-state index contributed by atoms with van der Waals surface area (Å²) < 4.78 is 5.71. The van der Waals surface area contributed by atoms with Crippen molar-refractivity contribution < 1.29 is 4.74 Å². The van der Waals surface area contributed by atoms with Crippen molar-refractivity contribution in [2.45, 2.75) is 56.9 Å². The predicted octanol–water partition coefficient (Wildman–Crippen LogP) is 5.74. The second-order valence-electron chi connectivity index (χ2n) is 6.87. The van der Waals surface area contributed by atoms with Gasteiger partial charge in [0, 0.05) is 4.83 Å². The molecule has 2 bridgehead atoms. The molecular weight excluding hydrogens is 312 g/mol. The largest absolute Gasteiger partial charge is 0.491 e. The van der Waals surface area contributed by atoms with Gasteiger partial charge >= 0.3 is 0 Å². The van der Waals surface area contributed by atoms with Crippen molar-refractivity contribution in [1.29, 1.82) is 0 Å². The molecule has 3 rings (SSSR count). The lowest BCUT2D eigenvalue weighted by atomic mass is 9.84. The second kappa shape index (κ2) is 6.09. The molecule has 2 aliphatic carbocycles. The van der Waals surface area contributed by atoms with Crippen LogP contribution >= 0.6 is 15.9 Å². The summed E-state index contributed by atoms with van der Waals surface area (Å²) in [5.74, 6) is 3.99. The van der Waals surface area contributed by atoms with E-state index in [2.05, 4.69) is 54.0 Å². The van der Waals surface area contributed by atoms with Gasteiger partial charge in [-0.05, 0) is 75.0 Å². The van der Waals surface area contributed by atoms with Crippen LogP contribution in [0.15, 0.2) is 24.3 Å². The van der Waals surface area contributed by atoms with E-state index in [0.717, 1.165) is 23.5 Å². The molecule has 4 unspecified atom stereocenters. The minimum Gasteiger partial charge on any atom is -0.491 e. The van der Waals surface area contributed by atoms with Crippen LogP contribution in [0.1, 0.15) is 56.3 Å². The Bertz CT molecular complexity index is 439. The third-order valence-electron chi connectivity index (χ3n) is 5.01. The summed E-state index contributed by atoms with van der Waals surface area (Å²) in [6, 6.07) is 8.63. The van der Waals surface area contributed by atoms with Gasteiger partial charge in [-0.25, -0.2) is 0 Å². The van der Waals surface area contributed by atoms with Crippen LogP contribution in [0.2, 0.25) is 0 Å². The molecule has 2 saturated carbocycles.